The summed E-state index contributed by atoms with van der Waals surface area (Å²) in [6, 6.07) is 8.33. The predicted molar refractivity (Wildman–Crippen MR) is 87.1 cm³/mol. The molecule has 1 aliphatic rings. The molecule has 0 bridgehead atoms. The monoisotopic (exact) mass is 358 g/mol. The van der Waals surface area contributed by atoms with E-state index in [9.17, 15) is 18.4 Å². The standard InChI is InChI=1S/C17H12F2N4O3/c18-13-8-10(9-14(19)15(13)21-22-20)26-7-3-6-23-16(24)11-4-1-2-5-12(11)17(23)25/h1-2,4-5,8-9H,3,6-7H2. The maximum Gasteiger partial charge on any atom is 0.261 e. The van der Waals surface area contributed by atoms with Gasteiger partial charge in [-0.25, -0.2) is 8.78 Å². The van der Waals surface area contributed by atoms with Crippen LogP contribution < -0.4 is 4.74 Å². The summed E-state index contributed by atoms with van der Waals surface area (Å²) in [5.41, 5.74) is 8.24. The van der Waals surface area contributed by atoms with Gasteiger partial charge in [-0.1, -0.05) is 17.2 Å². The molecule has 1 aliphatic heterocycles. The first kappa shape index (κ1) is 17.4. The molecule has 0 atom stereocenters. The molecule has 2 amide bonds. The molecular weight excluding hydrogens is 346 g/mol. The van der Waals surface area contributed by atoms with Gasteiger partial charge in [-0.05, 0) is 24.1 Å². The summed E-state index contributed by atoms with van der Waals surface area (Å²) in [5.74, 6) is -2.92. The molecule has 0 unspecified atom stereocenters. The lowest BCUT2D eigenvalue weighted by molar-refractivity contribution is 0.0647. The van der Waals surface area contributed by atoms with Crippen molar-refractivity contribution in [2.45, 2.75) is 6.42 Å². The average Bonchev–Trinajstić information content (AvgIpc) is 2.87. The van der Waals surface area contributed by atoms with Gasteiger partial charge in [0, 0.05) is 23.6 Å². The van der Waals surface area contributed by atoms with Gasteiger partial charge in [0.05, 0.1) is 17.7 Å². The topological polar surface area (TPSA) is 95.4 Å². The summed E-state index contributed by atoms with van der Waals surface area (Å²) in [4.78, 5) is 27.8. The van der Waals surface area contributed by atoms with E-state index in [2.05, 4.69) is 10.0 Å². The van der Waals surface area contributed by atoms with Crippen molar-refractivity contribution >= 4 is 17.5 Å². The Morgan fingerprint density at radius 1 is 1.08 bits per heavy atom. The molecular formula is C17H12F2N4O3. The molecule has 0 fully saturated rings. The zero-order valence-corrected chi connectivity index (χ0v) is 13.4. The zero-order chi connectivity index (χ0) is 18.7. The number of hydrogen-bond donors (Lipinski definition) is 0. The molecule has 2 aromatic rings. The molecule has 132 valence electrons. The highest BCUT2D eigenvalue weighted by Crippen LogP contribution is 2.27. The molecule has 0 aliphatic carbocycles. The van der Waals surface area contributed by atoms with Crippen LogP contribution >= 0.6 is 0 Å². The van der Waals surface area contributed by atoms with Crippen LogP contribution in [0.4, 0.5) is 14.5 Å². The number of halogens is 2. The molecule has 0 saturated heterocycles. The molecule has 0 aromatic heterocycles. The largest absolute Gasteiger partial charge is 0.493 e. The van der Waals surface area contributed by atoms with Crippen LogP contribution in [-0.2, 0) is 0 Å². The van der Waals surface area contributed by atoms with Crippen molar-refractivity contribution in [1.82, 2.24) is 4.90 Å². The molecule has 7 nitrogen and oxygen atoms in total. The molecule has 0 radical (unpaired) electrons. The summed E-state index contributed by atoms with van der Waals surface area (Å²) in [5, 5.41) is 2.93. The van der Waals surface area contributed by atoms with Crippen molar-refractivity contribution in [2.75, 3.05) is 13.2 Å². The zero-order valence-electron chi connectivity index (χ0n) is 13.4. The normalized spacial score (nSPS) is 12.8. The van der Waals surface area contributed by atoms with E-state index >= 15 is 0 Å². The van der Waals surface area contributed by atoms with E-state index in [0.717, 1.165) is 17.0 Å². The van der Waals surface area contributed by atoms with E-state index in [0.29, 0.717) is 11.1 Å². The Morgan fingerprint density at radius 2 is 1.65 bits per heavy atom. The van der Waals surface area contributed by atoms with Crippen LogP contribution in [0, 0.1) is 11.6 Å². The van der Waals surface area contributed by atoms with Crippen LogP contribution in [0.1, 0.15) is 27.1 Å². The van der Waals surface area contributed by atoms with Crippen molar-refractivity contribution in [2.24, 2.45) is 5.11 Å². The summed E-state index contributed by atoms with van der Waals surface area (Å²) in [6.45, 7) is 0.154. The number of benzene rings is 2. The second-order valence-electron chi connectivity index (χ2n) is 5.43. The van der Waals surface area contributed by atoms with E-state index in [-0.39, 0.29) is 37.1 Å². The number of amides is 2. The molecule has 26 heavy (non-hydrogen) atoms. The first-order valence-corrected chi connectivity index (χ1v) is 7.65. The summed E-state index contributed by atoms with van der Waals surface area (Å²) in [7, 11) is 0. The minimum absolute atomic E-state index is 0.0349. The third kappa shape index (κ3) is 3.20. The van der Waals surface area contributed by atoms with Crippen LogP contribution in [-0.4, -0.2) is 29.9 Å². The van der Waals surface area contributed by atoms with Gasteiger partial charge < -0.3 is 4.74 Å². The maximum absolute atomic E-state index is 13.6. The van der Waals surface area contributed by atoms with Gasteiger partial charge in [0.2, 0.25) is 0 Å². The van der Waals surface area contributed by atoms with Crippen molar-refractivity contribution in [3.8, 4) is 5.75 Å². The van der Waals surface area contributed by atoms with Crippen LogP contribution in [0.25, 0.3) is 10.4 Å². The van der Waals surface area contributed by atoms with Gasteiger partial charge in [0.1, 0.15) is 23.1 Å². The Labute approximate surface area is 146 Å². The van der Waals surface area contributed by atoms with Crippen molar-refractivity contribution in [1.29, 1.82) is 0 Å². The lowest BCUT2D eigenvalue weighted by Crippen LogP contribution is -2.31. The molecule has 1 heterocycles. The number of nitrogens with zero attached hydrogens (tertiary/aromatic N) is 4. The SMILES string of the molecule is [N-]=[N+]=Nc1c(F)cc(OCCCN2C(=O)c3ccccc3C2=O)cc1F. The molecule has 3 rings (SSSR count). The molecule has 2 aromatic carbocycles. The van der Waals surface area contributed by atoms with E-state index in [1.54, 1.807) is 24.3 Å². The maximum atomic E-state index is 13.6. The first-order chi connectivity index (χ1) is 12.5. The minimum Gasteiger partial charge on any atom is -0.493 e. The fourth-order valence-electron chi connectivity index (χ4n) is 2.62. The first-order valence-electron chi connectivity index (χ1n) is 7.65. The smallest absolute Gasteiger partial charge is 0.261 e. The van der Waals surface area contributed by atoms with E-state index < -0.39 is 17.3 Å². The second kappa shape index (κ2) is 7.20. The third-order valence-electron chi connectivity index (χ3n) is 3.81. The minimum atomic E-state index is -1.04. The van der Waals surface area contributed by atoms with Gasteiger partial charge in [-0.15, -0.1) is 0 Å². The van der Waals surface area contributed by atoms with Gasteiger partial charge in [0.25, 0.3) is 11.8 Å². The molecule has 0 saturated carbocycles. The van der Waals surface area contributed by atoms with Crippen molar-refractivity contribution in [3.63, 3.8) is 0 Å². The number of hydrogen-bond acceptors (Lipinski definition) is 4. The number of fused-ring (bicyclic) bond motifs is 1. The number of carbonyl (C=O) groups excluding carboxylic acids is 2. The fraction of sp³-hybridized carbons (Fsp3) is 0.176. The van der Waals surface area contributed by atoms with Crippen LogP contribution in [0.3, 0.4) is 0 Å². The van der Waals surface area contributed by atoms with Crippen LogP contribution in [0.15, 0.2) is 41.5 Å². The highest BCUT2D eigenvalue weighted by Gasteiger charge is 2.34. The van der Waals surface area contributed by atoms with Crippen molar-refractivity contribution in [3.05, 3.63) is 69.6 Å². The van der Waals surface area contributed by atoms with Crippen LogP contribution in [0.5, 0.6) is 5.75 Å². The molecule has 0 N–H and O–H groups in total. The van der Waals surface area contributed by atoms with Crippen molar-refractivity contribution < 1.29 is 23.1 Å². The Kier molecular flexibility index (Phi) is 4.81. The quantitative estimate of drug-likeness (QED) is 0.257. The second-order valence-corrected chi connectivity index (χ2v) is 5.43. The Balaban J connectivity index is 1.58. The summed E-state index contributed by atoms with van der Waals surface area (Å²) in [6.07, 6.45) is 0.285. The van der Waals surface area contributed by atoms with Crippen LogP contribution in [0.2, 0.25) is 0 Å². The Morgan fingerprint density at radius 3 is 2.19 bits per heavy atom. The number of azide groups is 1. The Bertz CT molecular complexity index is 883. The fourth-order valence-corrected chi connectivity index (χ4v) is 2.62. The molecule has 0 spiro atoms. The van der Waals surface area contributed by atoms with E-state index in [1.807, 2.05) is 0 Å². The van der Waals surface area contributed by atoms with Gasteiger partial charge in [0.15, 0.2) is 0 Å². The lowest BCUT2D eigenvalue weighted by atomic mass is 10.1. The summed E-state index contributed by atoms with van der Waals surface area (Å²) < 4.78 is 32.5. The number of ether oxygens (including phenoxy) is 1. The number of carbonyl (C=O) groups is 2. The molecule has 9 heteroatoms. The van der Waals surface area contributed by atoms with Gasteiger partial charge >= 0.3 is 0 Å². The highest BCUT2D eigenvalue weighted by molar-refractivity contribution is 6.21. The van der Waals surface area contributed by atoms with Gasteiger partial charge in [-0.2, -0.15) is 0 Å². The highest BCUT2D eigenvalue weighted by atomic mass is 19.1. The van der Waals surface area contributed by atoms with Gasteiger partial charge in [-0.3, -0.25) is 14.5 Å². The average molecular weight is 358 g/mol. The number of rotatable bonds is 6. The van der Waals surface area contributed by atoms with E-state index in [1.165, 1.54) is 0 Å². The Hall–Kier alpha value is -3.45. The van der Waals surface area contributed by atoms with E-state index in [4.69, 9.17) is 10.3 Å². The number of imide groups is 1. The lowest BCUT2D eigenvalue weighted by Gasteiger charge is -2.14. The summed E-state index contributed by atoms with van der Waals surface area (Å²) >= 11 is 0. The predicted octanol–water partition coefficient (Wildman–Crippen LogP) is 3.97. The third-order valence-corrected chi connectivity index (χ3v) is 3.81.